The van der Waals surface area contributed by atoms with E-state index >= 15 is 0 Å². The van der Waals surface area contributed by atoms with Gasteiger partial charge in [0.25, 0.3) is 0 Å². The average molecular weight is 441 g/mol. The number of rotatable bonds is 4. The average Bonchev–Trinajstić information content (AvgIpc) is 3.01. The maximum absolute atomic E-state index is 12.9. The van der Waals surface area contributed by atoms with Crippen LogP contribution >= 0.6 is 24.0 Å². The number of anilines is 1. The van der Waals surface area contributed by atoms with Gasteiger partial charge in [-0.1, -0.05) is 18.2 Å². The Labute approximate surface area is 158 Å². The van der Waals surface area contributed by atoms with E-state index < -0.39 is 6.10 Å². The van der Waals surface area contributed by atoms with Crippen LogP contribution in [0.15, 0.2) is 47.5 Å². The van der Waals surface area contributed by atoms with Crippen molar-refractivity contribution in [2.45, 2.75) is 25.4 Å². The van der Waals surface area contributed by atoms with Crippen LogP contribution in [0.1, 0.15) is 29.2 Å². The van der Waals surface area contributed by atoms with Gasteiger partial charge in [-0.25, -0.2) is 4.39 Å². The third kappa shape index (κ3) is 4.67. The normalized spacial score (nSPS) is 14.7. The number of aliphatic imine (C=N–C) groups is 1. The highest BCUT2D eigenvalue weighted by atomic mass is 127. The maximum Gasteiger partial charge on any atom is 0.193 e. The minimum absolute atomic E-state index is 0. The lowest BCUT2D eigenvalue weighted by molar-refractivity contribution is 0.187. The van der Waals surface area contributed by atoms with Gasteiger partial charge in [0.05, 0.1) is 12.6 Å². The van der Waals surface area contributed by atoms with Gasteiger partial charge in [0, 0.05) is 5.69 Å². The SMILES string of the molecule is I.NC(=NCC(O)c1ccc(F)cc1)Nc1ccc2c(c1)CCC2. The number of aliphatic hydroxyl groups excluding tert-OH is 1. The van der Waals surface area contributed by atoms with Crippen LogP contribution in [0.4, 0.5) is 10.1 Å². The standard InChI is InChI=1S/C18H20FN3O.HI/c19-15-7-4-13(5-8-15)17(23)11-21-18(20)22-16-9-6-12-2-1-3-14(12)10-16;/h4-10,17,23H,1-3,11H2,(H3,20,21,22);1H. The second kappa shape index (κ2) is 8.43. The van der Waals surface area contributed by atoms with Crippen LogP contribution in [0.5, 0.6) is 0 Å². The second-order valence-electron chi connectivity index (χ2n) is 5.76. The van der Waals surface area contributed by atoms with Crippen molar-refractivity contribution in [3.05, 3.63) is 65.0 Å². The molecule has 0 saturated heterocycles. The largest absolute Gasteiger partial charge is 0.386 e. The molecule has 1 atom stereocenters. The molecular formula is C18H21FIN3O. The molecule has 1 aliphatic rings. The van der Waals surface area contributed by atoms with Crippen LogP contribution in [0.25, 0.3) is 0 Å². The molecule has 0 fully saturated rings. The second-order valence-corrected chi connectivity index (χ2v) is 5.76. The number of nitrogens with one attached hydrogen (secondary N) is 1. The van der Waals surface area contributed by atoms with Gasteiger partial charge in [-0.15, -0.1) is 24.0 Å². The molecule has 0 amide bonds. The topological polar surface area (TPSA) is 70.6 Å². The number of hydrogen-bond donors (Lipinski definition) is 3. The highest BCUT2D eigenvalue weighted by molar-refractivity contribution is 14.0. The predicted octanol–water partition coefficient (Wildman–Crippen LogP) is 3.39. The van der Waals surface area contributed by atoms with E-state index in [4.69, 9.17) is 5.73 Å². The molecule has 2 aromatic rings. The van der Waals surface area contributed by atoms with Crippen LogP contribution in [-0.2, 0) is 12.8 Å². The van der Waals surface area contributed by atoms with E-state index in [-0.39, 0.29) is 42.3 Å². The summed E-state index contributed by atoms with van der Waals surface area (Å²) in [7, 11) is 0. The van der Waals surface area contributed by atoms with Crippen LogP contribution in [-0.4, -0.2) is 17.6 Å². The third-order valence-corrected chi connectivity index (χ3v) is 4.06. The highest BCUT2D eigenvalue weighted by Crippen LogP contribution is 2.24. The fraction of sp³-hybridized carbons (Fsp3) is 0.278. The summed E-state index contributed by atoms with van der Waals surface area (Å²) >= 11 is 0. The fourth-order valence-corrected chi connectivity index (χ4v) is 2.81. The zero-order valence-corrected chi connectivity index (χ0v) is 15.5. The van der Waals surface area contributed by atoms with Gasteiger partial charge in [-0.3, -0.25) is 4.99 Å². The summed E-state index contributed by atoms with van der Waals surface area (Å²) in [5.74, 6) is -0.0775. The lowest BCUT2D eigenvalue weighted by atomic mass is 10.1. The van der Waals surface area contributed by atoms with Gasteiger partial charge in [0.2, 0.25) is 0 Å². The van der Waals surface area contributed by atoms with Crippen molar-refractivity contribution in [1.29, 1.82) is 0 Å². The van der Waals surface area contributed by atoms with E-state index in [1.165, 1.54) is 29.7 Å². The molecule has 2 aromatic carbocycles. The Morgan fingerprint density at radius 3 is 2.62 bits per heavy atom. The summed E-state index contributed by atoms with van der Waals surface area (Å²) in [5.41, 5.74) is 10.1. The first-order chi connectivity index (χ1) is 11.1. The van der Waals surface area contributed by atoms with Gasteiger partial charge < -0.3 is 16.2 Å². The zero-order chi connectivity index (χ0) is 16.2. The van der Waals surface area contributed by atoms with Gasteiger partial charge in [0.1, 0.15) is 5.82 Å². The Morgan fingerprint density at radius 1 is 1.17 bits per heavy atom. The van der Waals surface area contributed by atoms with E-state index in [0.717, 1.165) is 18.5 Å². The van der Waals surface area contributed by atoms with Gasteiger partial charge in [-0.05, 0) is 60.2 Å². The number of fused-ring (bicyclic) bond motifs is 1. The van der Waals surface area contributed by atoms with Crippen LogP contribution in [0.2, 0.25) is 0 Å². The minimum Gasteiger partial charge on any atom is -0.386 e. The van der Waals surface area contributed by atoms with Crippen molar-refractivity contribution in [2.75, 3.05) is 11.9 Å². The number of aliphatic hydroxyl groups is 1. The quantitative estimate of drug-likeness (QED) is 0.387. The van der Waals surface area contributed by atoms with E-state index in [9.17, 15) is 9.50 Å². The molecule has 24 heavy (non-hydrogen) atoms. The first-order valence-corrected chi connectivity index (χ1v) is 7.74. The molecule has 1 aliphatic carbocycles. The Balaban J connectivity index is 0.00000208. The number of aryl methyl sites for hydroxylation is 2. The number of guanidine groups is 1. The molecule has 0 aliphatic heterocycles. The number of halogens is 2. The molecule has 3 rings (SSSR count). The molecule has 128 valence electrons. The molecule has 1 unspecified atom stereocenters. The Bertz CT molecular complexity index is 719. The first-order valence-electron chi connectivity index (χ1n) is 7.74. The number of nitrogens with two attached hydrogens (primary N) is 1. The van der Waals surface area contributed by atoms with Crippen molar-refractivity contribution < 1.29 is 9.50 Å². The molecule has 0 radical (unpaired) electrons. The summed E-state index contributed by atoms with van der Waals surface area (Å²) in [6.07, 6.45) is 2.64. The van der Waals surface area contributed by atoms with E-state index in [2.05, 4.69) is 22.4 Å². The predicted molar refractivity (Wildman–Crippen MR) is 105 cm³/mol. The summed E-state index contributed by atoms with van der Waals surface area (Å²) in [5, 5.41) is 13.1. The van der Waals surface area contributed by atoms with Gasteiger partial charge in [0.15, 0.2) is 5.96 Å². The van der Waals surface area contributed by atoms with Crippen molar-refractivity contribution in [2.24, 2.45) is 10.7 Å². The molecule has 0 saturated carbocycles. The third-order valence-electron chi connectivity index (χ3n) is 4.06. The lowest BCUT2D eigenvalue weighted by Crippen LogP contribution is -2.23. The minimum atomic E-state index is -0.809. The van der Waals surface area contributed by atoms with Gasteiger partial charge >= 0.3 is 0 Å². The van der Waals surface area contributed by atoms with Crippen molar-refractivity contribution in [3.63, 3.8) is 0 Å². The highest BCUT2D eigenvalue weighted by Gasteiger charge is 2.11. The van der Waals surface area contributed by atoms with Crippen LogP contribution in [0, 0.1) is 5.82 Å². The summed E-state index contributed by atoms with van der Waals surface area (Å²) in [6.45, 7) is 0.120. The van der Waals surface area contributed by atoms with Crippen molar-refractivity contribution in [3.8, 4) is 0 Å². The zero-order valence-electron chi connectivity index (χ0n) is 13.2. The molecule has 0 bridgehead atoms. The van der Waals surface area contributed by atoms with Crippen LogP contribution in [0.3, 0.4) is 0 Å². The molecule has 4 N–H and O–H groups in total. The van der Waals surface area contributed by atoms with E-state index in [1.54, 1.807) is 12.1 Å². The van der Waals surface area contributed by atoms with Crippen molar-refractivity contribution in [1.82, 2.24) is 0 Å². The number of nitrogens with zero attached hydrogens (tertiary/aromatic N) is 1. The molecule has 0 heterocycles. The van der Waals surface area contributed by atoms with Gasteiger partial charge in [-0.2, -0.15) is 0 Å². The van der Waals surface area contributed by atoms with Crippen molar-refractivity contribution >= 4 is 35.6 Å². The maximum atomic E-state index is 12.9. The monoisotopic (exact) mass is 441 g/mol. The molecular weight excluding hydrogens is 420 g/mol. The Morgan fingerprint density at radius 2 is 1.88 bits per heavy atom. The number of benzene rings is 2. The Kier molecular flexibility index (Phi) is 6.56. The van der Waals surface area contributed by atoms with Crippen LogP contribution < -0.4 is 11.1 Å². The Hall–Kier alpha value is -1.67. The molecule has 0 spiro atoms. The number of hydrogen-bond acceptors (Lipinski definition) is 2. The first kappa shape index (κ1) is 18.7. The molecule has 4 nitrogen and oxygen atoms in total. The molecule has 6 heteroatoms. The fourth-order valence-electron chi connectivity index (χ4n) is 2.81. The summed E-state index contributed by atoms with van der Waals surface area (Å²) < 4.78 is 12.9. The molecule has 0 aromatic heterocycles. The van der Waals surface area contributed by atoms with E-state index in [1.807, 2.05) is 6.07 Å². The summed E-state index contributed by atoms with van der Waals surface area (Å²) in [4.78, 5) is 4.15. The van der Waals surface area contributed by atoms with E-state index in [0.29, 0.717) is 5.56 Å². The summed E-state index contributed by atoms with van der Waals surface area (Å²) in [6, 6.07) is 11.9. The smallest absolute Gasteiger partial charge is 0.193 e. The lowest BCUT2D eigenvalue weighted by Gasteiger charge is -2.10.